The summed E-state index contributed by atoms with van der Waals surface area (Å²) in [6.45, 7) is 6.15. The van der Waals surface area contributed by atoms with Crippen LogP contribution in [0.1, 0.15) is 34.7 Å². The number of hydrogen-bond donors (Lipinski definition) is 1. The van der Waals surface area contributed by atoms with Crippen LogP contribution in [0, 0.1) is 13.8 Å². The van der Waals surface area contributed by atoms with Gasteiger partial charge in [-0.1, -0.05) is 28.1 Å². The number of halogens is 1. The minimum atomic E-state index is 0.00678. The van der Waals surface area contributed by atoms with E-state index in [0.29, 0.717) is 0 Å². The van der Waals surface area contributed by atoms with Gasteiger partial charge in [0.15, 0.2) is 5.11 Å². The molecule has 3 heterocycles. The Morgan fingerprint density at radius 1 is 1.13 bits per heavy atom. The van der Waals surface area contributed by atoms with Crippen molar-refractivity contribution in [3.05, 3.63) is 81.8 Å². The molecule has 0 unspecified atom stereocenters. The molecule has 2 aromatic heterocycles. The van der Waals surface area contributed by atoms with Gasteiger partial charge in [-0.05, 0) is 82.1 Å². The lowest BCUT2D eigenvalue weighted by molar-refractivity contribution is 0.277. The molecule has 31 heavy (non-hydrogen) atoms. The lowest BCUT2D eigenvalue weighted by Crippen LogP contribution is -2.35. The van der Waals surface area contributed by atoms with E-state index in [0.717, 1.165) is 34.1 Å². The van der Waals surface area contributed by atoms with E-state index in [9.17, 15) is 0 Å². The van der Waals surface area contributed by atoms with Gasteiger partial charge in [0, 0.05) is 40.8 Å². The van der Waals surface area contributed by atoms with Gasteiger partial charge in [0.1, 0.15) is 0 Å². The molecule has 1 N–H and O–H groups in total. The van der Waals surface area contributed by atoms with E-state index in [1.54, 1.807) is 0 Å². The maximum absolute atomic E-state index is 5.80. The van der Waals surface area contributed by atoms with Crippen molar-refractivity contribution in [1.29, 1.82) is 0 Å². The van der Waals surface area contributed by atoms with Crippen LogP contribution in [0.5, 0.6) is 0 Å². The fourth-order valence-corrected chi connectivity index (χ4v) is 5.11. The van der Waals surface area contributed by atoms with Crippen LogP contribution in [0.4, 0.5) is 0 Å². The predicted octanol–water partition coefficient (Wildman–Crippen LogP) is 4.79. The quantitative estimate of drug-likeness (QED) is 0.495. The third-order valence-corrected chi connectivity index (χ3v) is 6.69. The van der Waals surface area contributed by atoms with Gasteiger partial charge in [0.05, 0.1) is 17.8 Å². The molecule has 1 aromatic carbocycles. The van der Waals surface area contributed by atoms with Crippen LogP contribution in [0.15, 0.2) is 59.2 Å². The van der Waals surface area contributed by atoms with Crippen LogP contribution in [0.3, 0.4) is 0 Å². The molecule has 1 aliphatic heterocycles. The second-order valence-corrected chi connectivity index (χ2v) is 9.57. The lowest BCUT2D eigenvalue weighted by Gasteiger charge is -2.29. The van der Waals surface area contributed by atoms with Crippen LogP contribution in [0.2, 0.25) is 0 Å². The largest absolute Gasteiger partial charge is 0.352 e. The predicted molar refractivity (Wildman–Crippen MR) is 134 cm³/mol. The topological polar surface area (TPSA) is 36.3 Å². The van der Waals surface area contributed by atoms with E-state index in [2.05, 4.69) is 105 Å². The number of likely N-dealkylation sites (N-methyl/N-ethyl adjacent to an activating group) is 1. The molecule has 1 fully saturated rings. The number of nitrogens with one attached hydrogen (secondary N) is 1. The molecule has 162 valence electrons. The van der Waals surface area contributed by atoms with Gasteiger partial charge in [0.2, 0.25) is 0 Å². The molecule has 0 radical (unpaired) electrons. The standard InChI is InChI=1S/C24H28BrN5S/c1-16-14-20(17(2)30(16)19-9-7-8-18(25)15-19)23-22(21-10-5-6-11-26-21)27-24(31)29(23)13-12-28(3)4/h5-11,14-15,22-23H,12-13H2,1-4H3,(H,27,31)/t22-,23-/m0/s1. The Labute approximate surface area is 198 Å². The van der Waals surface area contributed by atoms with E-state index < -0.39 is 0 Å². The van der Waals surface area contributed by atoms with Crippen molar-refractivity contribution in [1.82, 2.24) is 24.7 Å². The molecule has 3 aromatic rings. The Morgan fingerprint density at radius 3 is 2.61 bits per heavy atom. The van der Waals surface area contributed by atoms with E-state index in [1.807, 2.05) is 18.3 Å². The van der Waals surface area contributed by atoms with Crippen molar-refractivity contribution >= 4 is 33.3 Å². The summed E-state index contributed by atoms with van der Waals surface area (Å²) >= 11 is 9.41. The number of aryl methyl sites for hydroxylation is 1. The highest BCUT2D eigenvalue weighted by Gasteiger charge is 2.41. The molecule has 0 spiro atoms. The van der Waals surface area contributed by atoms with E-state index >= 15 is 0 Å². The van der Waals surface area contributed by atoms with Crippen LogP contribution in [0.25, 0.3) is 5.69 Å². The van der Waals surface area contributed by atoms with E-state index in [-0.39, 0.29) is 12.1 Å². The summed E-state index contributed by atoms with van der Waals surface area (Å²) in [7, 11) is 4.19. The van der Waals surface area contributed by atoms with Crippen molar-refractivity contribution in [3.8, 4) is 5.69 Å². The Hall–Kier alpha value is -2.22. The van der Waals surface area contributed by atoms with Crippen molar-refractivity contribution in [2.45, 2.75) is 25.9 Å². The molecule has 1 saturated heterocycles. The van der Waals surface area contributed by atoms with Gasteiger partial charge in [0.25, 0.3) is 0 Å². The zero-order valence-electron chi connectivity index (χ0n) is 18.3. The highest BCUT2D eigenvalue weighted by Crippen LogP contribution is 2.41. The summed E-state index contributed by atoms with van der Waals surface area (Å²) in [6.07, 6.45) is 1.85. The van der Waals surface area contributed by atoms with Crippen LogP contribution in [-0.2, 0) is 0 Å². The number of thiocarbonyl (C=S) groups is 1. The average Bonchev–Trinajstić information content (AvgIpc) is 3.22. The molecule has 0 aliphatic carbocycles. The molecule has 2 atom stereocenters. The number of nitrogens with zero attached hydrogens (tertiary/aromatic N) is 4. The van der Waals surface area contributed by atoms with Crippen molar-refractivity contribution in [2.24, 2.45) is 0 Å². The molecule has 0 saturated carbocycles. The highest BCUT2D eigenvalue weighted by atomic mass is 79.9. The zero-order valence-corrected chi connectivity index (χ0v) is 20.7. The van der Waals surface area contributed by atoms with E-state index in [4.69, 9.17) is 12.2 Å². The molecule has 0 amide bonds. The van der Waals surface area contributed by atoms with Crippen LogP contribution < -0.4 is 5.32 Å². The Balaban J connectivity index is 1.81. The first-order chi connectivity index (χ1) is 14.9. The normalized spacial score (nSPS) is 18.6. The summed E-state index contributed by atoms with van der Waals surface area (Å²) in [4.78, 5) is 9.17. The van der Waals surface area contributed by atoms with Gasteiger partial charge in [-0.2, -0.15) is 0 Å². The van der Waals surface area contributed by atoms with Gasteiger partial charge < -0.3 is 19.7 Å². The fraction of sp³-hybridized carbons (Fsp3) is 0.333. The van der Waals surface area contributed by atoms with Gasteiger partial charge >= 0.3 is 0 Å². The second-order valence-electron chi connectivity index (χ2n) is 8.27. The van der Waals surface area contributed by atoms with Gasteiger partial charge in [-0.15, -0.1) is 0 Å². The summed E-state index contributed by atoms with van der Waals surface area (Å²) in [5, 5.41) is 4.34. The summed E-state index contributed by atoms with van der Waals surface area (Å²) < 4.78 is 3.39. The maximum Gasteiger partial charge on any atom is 0.170 e. The molecule has 0 bridgehead atoms. The Morgan fingerprint density at radius 2 is 1.94 bits per heavy atom. The van der Waals surface area contributed by atoms with Crippen molar-refractivity contribution < 1.29 is 0 Å². The molecule has 4 rings (SSSR count). The number of aromatic nitrogens is 2. The highest BCUT2D eigenvalue weighted by molar-refractivity contribution is 9.10. The first-order valence-corrected chi connectivity index (χ1v) is 11.6. The number of pyridine rings is 1. The number of rotatable bonds is 6. The van der Waals surface area contributed by atoms with Crippen molar-refractivity contribution in [2.75, 3.05) is 27.2 Å². The fourth-order valence-electron chi connectivity index (χ4n) is 4.39. The molecular formula is C24H28BrN5S. The minimum Gasteiger partial charge on any atom is -0.352 e. The van der Waals surface area contributed by atoms with Crippen LogP contribution in [-0.4, -0.2) is 51.6 Å². The molecule has 7 heteroatoms. The SMILES string of the molecule is Cc1cc([C@H]2[C@H](c3ccccn3)NC(=S)N2CCN(C)C)c(C)n1-c1cccc(Br)c1. The Kier molecular flexibility index (Phi) is 6.46. The number of hydrogen-bond acceptors (Lipinski definition) is 3. The third-order valence-electron chi connectivity index (χ3n) is 5.84. The minimum absolute atomic E-state index is 0.00678. The lowest BCUT2D eigenvalue weighted by atomic mass is 9.97. The zero-order chi connectivity index (χ0) is 22.1. The third kappa shape index (κ3) is 4.40. The summed E-state index contributed by atoms with van der Waals surface area (Å²) in [6, 6.07) is 16.9. The number of benzene rings is 1. The Bertz CT molecular complexity index is 1080. The summed E-state index contributed by atoms with van der Waals surface area (Å²) in [5.41, 5.74) is 5.87. The summed E-state index contributed by atoms with van der Waals surface area (Å²) in [5.74, 6) is 0. The average molecular weight is 498 g/mol. The maximum atomic E-state index is 5.80. The first-order valence-electron chi connectivity index (χ1n) is 10.4. The van der Waals surface area contributed by atoms with Gasteiger partial charge in [-0.25, -0.2) is 0 Å². The van der Waals surface area contributed by atoms with E-state index in [1.165, 1.54) is 17.0 Å². The molecule has 5 nitrogen and oxygen atoms in total. The first kappa shape index (κ1) is 22.0. The van der Waals surface area contributed by atoms with Crippen LogP contribution >= 0.6 is 28.1 Å². The van der Waals surface area contributed by atoms with Crippen molar-refractivity contribution in [3.63, 3.8) is 0 Å². The monoisotopic (exact) mass is 497 g/mol. The van der Waals surface area contributed by atoms with Gasteiger partial charge in [-0.3, -0.25) is 4.98 Å². The second kappa shape index (κ2) is 9.10. The molecular weight excluding hydrogens is 470 g/mol. The molecule has 1 aliphatic rings. The smallest absolute Gasteiger partial charge is 0.170 e.